The van der Waals surface area contributed by atoms with Gasteiger partial charge in [-0.2, -0.15) is 52.7 Å². The number of benzene rings is 8. The Kier molecular flexibility index (Phi) is 27.7. The Morgan fingerprint density at radius 1 is 0.423 bits per heavy atom. The van der Waals surface area contributed by atoms with Crippen LogP contribution in [0.15, 0.2) is 218 Å². The van der Waals surface area contributed by atoms with Gasteiger partial charge >= 0.3 is 24.7 Å². The zero-order valence-electron chi connectivity index (χ0n) is 60.4. The summed E-state index contributed by atoms with van der Waals surface area (Å²) in [6.45, 7) is 8.81. The van der Waals surface area contributed by atoms with E-state index < -0.39 is 63.8 Å². The third-order valence-electron chi connectivity index (χ3n) is 17.5. The van der Waals surface area contributed by atoms with Crippen LogP contribution in [0.2, 0.25) is 0 Å². The van der Waals surface area contributed by atoms with Crippen LogP contribution >= 0.6 is 0 Å². The fourth-order valence-corrected chi connectivity index (χ4v) is 11.2. The maximum Gasteiger partial charge on any atom is 0.416 e. The molecule has 584 valence electrons. The lowest BCUT2D eigenvalue weighted by Crippen LogP contribution is -2.37. The van der Waals surface area contributed by atoms with Crippen molar-refractivity contribution in [3.8, 4) is 45.8 Å². The van der Waals surface area contributed by atoms with Crippen molar-refractivity contribution in [3.63, 3.8) is 0 Å². The van der Waals surface area contributed by atoms with Crippen molar-refractivity contribution in [1.29, 1.82) is 0 Å². The predicted molar refractivity (Wildman–Crippen MR) is 382 cm³/mol. The second kappa shape index (κ2) is 36.6. The second-order valence-corrected chi connectivity index (χ2v) is 26.4. The minimum Gasteiger partial charge on any atom is -0.423 e. The summed E-state index contributed by atoms with van der Waals surface area (Å²) in [6.07, 6.45) is -12.0. The fraction of sp³-hybridized carbons (Fsp3) is 0.296. The van der Waals surface area contributed by atoms with Crippen molar-refractivity contribution < 1.29 is 100 Å². The van der Waals surface area contributed by atoms with Crippen LogP contribution in [0.5, 0.6) is 0 Å². The first-order valence-corrected chi connectivity index (χ1v) is 34.6. The van der Waals surface area contributed by atoms with E-state index in [2.05, 4.69) is 40.8 Å². The van der Waals surface area contributed by atoms with E-state index >= 15 is 0 Å². The van der Waals surface area contributed by atoms with Crippen LogP contribution in [-0.4, -0.2) is 86.8 Å². The lowest BCUT2D eigenvalue weighted by atomic mass is 9.97. The molecule has 0 saturated carbocycles. The molecule has 4 aromatic heterocycles. The van der Waals surface area contributed by atoms with E-state index in [-0.39, 0.29) is 49.0 Å². The summed E-state index contributed by atoms with van der Waals surface area (Å²) < 4.78 is 180. The average Bonchev–Trinajstić information content (AvgIpc) is 1.70. The molecule has 8 aromatic carbocycles. The highest BCUT2D eigenvalue weighted by molar-refractivity contribution is 5.75. The summed E-state index contributed by atoms with van der Waals surface area (Å²) in [5.74, 6) is 1.84. The van der Waals surface area contributed by atoms with Crippen molar-refractivity contribution >= 4 is 5.78 Å². The van der Waals surface area contributed by atoms with Gasteiger partial charge < -0.3 is 42.8 Å². The van der Waals surface area contributed by atoms with Gasteiger partial charge in [-0.1, -0.05) is 135 Å². The molecule has 1 saturated heterocycles. The van der Waals surface area contributed by atoms with Crippen molar-refractivity contribution in [2.75, 3.05) is 19.8 Å². The van der Waals surface area contributed by atoms with Crippen LogP contribution in [0.1, 0.15) is 151 Å². The van der Waals surface area contributed by atoms with Gasteiger partial charge in [-0.3, -0.25) is 4.79 Å². The van der Waals surface area contributed by atoms with Gasteiger partial charge in [-0.05, 0) is 177 Å². The molecule has 30 heteroatoms. The molecule has 12 aromatic rings. The predicted octanol–water partition coefficient (Wildman–Crippen LogP) is 18.6. The topological polar surface area (TPSA) is 263 Å². The first-order valence-electron chi connectivity index (χ1n) is 34.6. The summed E-state index contributed by atoms with van der Waals surface area (Å²) in [6, 6.07) is 49.8. The van der Waals surface area contributed by atoms with Gasteiger partial charge in [0, 0.05) is 54.7 Å². The summed E-state index contributed by atoms with van der Waals surface area (Å²) in [7, 11) is 0. The standard InChI is InChI=1S/C21H21F3N2O2.C20H19F3N2O3.C20H17F3N2O2.C16H11F3N2O.C4H8O2/c1-3-12-20(2,27)19-26-25-18(28-19)17-7-5-4-6-15(17)13-14-8-10-16(11-9-14)21(22,23)24;1-19(27,10-11-26)18-25-24-17(28-18)16-5-3-2-4-14(16)12-13-6-8-15(9-7-13)20(21,22)23;1-19(10-11-26-19)18-25-24-17(27-18)16-5-3-2-4-14(16)12-13-6-8-15(9-7-13)20(21,22)23;17-16(18,19)13-7-5-11(6-8-13)9-12-3-1-2-4-14(12)15-21-20-10-22-15;1-4(6)2-3-5/h4-11,27H,3,12-13H2,1-2H3;2-9,26-27H,10-12H2,1H3;2-9H,10-12H2,1H3;1-8,10H,9H2;5H,2-3H2,1H3. The number of hydrogen-bond acceptors (Lipinski definition) is 18. The first-order chi connectivity index (χ1) is 52.6. The lowest BCUT2D eigenvalue weighted by molar-refractivity contribution is -0.155. The van der Waals surface area contributed by atoms with Gasteiger partial charge in [-0.25, -0.2) is 0 Å². The Morgan fingerprint density at radius 2 is 0.739 bits per heavy atom. The summed E-state index contributed by atoms with van der Waals surface area (Å²) in [5.41, 5.74) is 3.39. The van der Waals surface area contributed by atoms with Gasteiger partial charge in [0.1, 0.15) is 22.6 Å². The van der Waals surface area contributed by atoms with Gasteiger partial charge in [0.2, 0.25) is 47.6 Å². The van der Waals surface area contributed by atoms with E-state index in [1.807, 2.05) is 98.8 Å². The SMILES string of the molecule is CC(=O)CCO.CC(O)(CCO)c1nnc(-c2ccccc2Cc2ccc(C(F)(F)F)cc2)o1.CC1(c2nnc(-c3ccccc3Cc3ccc(C(F)(F)F)cc3)o2)CCO1.CCCC(C)(O)c1nnc(-c2ccccc2Cc2ccc(C(F)(F)F)cc2)o1.FC(F)(F)c1ccc(Cc2ccccc2-c2nnco2)cc1. The number of Topliss-reactive ketones (excluding diaryl/α,β-unsaturated/α-hetero) is 1. The van der Waals surface area contributed by atoms with Gasteiger partial charge in [0.25, 0.3) is 0 Å². The van der Waals surface area contributed by atoms with Crippen molar-refractivity contribution in [2.45, 2.75) is 134 Å². The van der Waals surface area contributed by atoms with Crippen LogP contribution in [0, 0.1) is 0 Å². The van der Waals surface area contributed by atoms with E-state index in [0.29, 0.717) is 79.5 Å². The number of carbonyl (C=O) groups is 1. The Morgan fingerprint density at radius 3 is 1.01 bits per heavy atom. The van der Waals surface area contributed by atoms with Crippen LogP contribution in [0.25, 0.3) is 45.8 Å². The number of ether oxygens (including phenoxy) is 1. The maximum absolute atomic E-state index is 12.7. The molecule has 0 spiro atoms. The van der Waals surface area contributed by atoms with Gasteiger partial charge in [0.15, 0.2) is 0 Å². The molecule has 1 fully saturated rings. The smallest absolute Gasteiger partial charge is 0.416 e. The second-order valence-electron chi connectivity index (χ2n) is 26.4. The quantitative estimate of drug-likeness (QED) is 0.0487. The normalized spacial score (nSPS) is 14.6. The highest BCUT2D eigenvalue weighted by Gasteiger charge is 2.41. The van der Waals surface area contributed by atoms with Crippen LogP contribution in [0.4, 0.5) is 52.7 Å². The number of alkyl halides is 12. The maximum atomic E-state index is 12.7. The monoisotopic (exact) mass is 1550 g/mol. The van der Waals surface area contributed by atoms with E-state index in [1.54, 1.807) is 19.1 Å². The Balaban J connectivity index is 0.000000166. The number of carbonyl (C=O) groups excluding carboxylic acids is 1. The summed E-state index contributed by atoms with van der Waals surface area (Å²) in [5, 5.41) is 69.4. The Labute approximate surface area is 628 Å². The molecule has 0 amide bonds. The molecule has 0 radical (unpaired) electrons. The number of nitrogens with zero attached hydrogens (tertiary/aromatic N) is 8. The lowest BCUT2D eigenvalue weighted by Gasteiger charge is -2.34. The minimum absolute atomic E-state index is 0.0131. The highest BCUT2D eigenvalue weighted by Crippen LogP contribution is 2.40. The summed E-state index contributed by atoms with van der Waals surface area (Å²) in [4.78, 5) is 9.88. The number of aromatic nitrogens is 8. The largest absolute Gasteiger partial charge is 0.423 e. The third-order valence-corrected chi connectivity index (χ3v) is 17.5. The molecule has 1 aliphatic heterocycles. The van der Waals surface area contributed by atoms with E-state index in [9.17, 15) is 67.7 Å². The molecular weight excluding hydrogens is 1470 g/mol. The number of halogens is 12. The van der Waals surface area contributed by atoms with Crippen LogP contribution in [-0.2, 0) is 76.7 Å². The number of rotatable bonds is 21. The zero-order chi connectivity index (χ0) is 80.4. The fourth-order valence-electron chi connectivity index (χ4n) is 11.2. The molecule has 0 bridgehead atoms. The number of aliphatic hydroxyl groups is 4. The average molecular weight is 1550 g/mol. The van der Waals surface area contributed by atoms with E-state index in [0.717, 1.165) is 111 Å². The number of aliphatic hydroxyl groups excluding tert-OH is 2. The molecule has 111 heavy (non-hydrogen) atoms. The Hall–Kier alpha value is -11.1. The molecule has 18 nitrogen and oxygen atoms in total. The van der Waals surface area contributed by atoms with E-state index in [1.165, 1.54) is 68.8 Å². The molecule has 1 aliphatic rings. The van der Waals surface area contributed by atoms with Crippen molar-refractivity contribution in [2.24, 2.45) is 0 Å². The number of hydrogen-bond donors (Lipinski definition) is 4. The number of ketones is 1. The van der Waals surface area contributed by atoms with Gasteiger partial charge in [0.05, 0.1) is 28.9 Å². The zero-order valence-corrected chi connectivity index (χ0v) is 60.4. The van der Waals surface area contributed by atoms with Crippen molar-refractivity contribution in [3.05, 3.63) is 285 Å². The minimum atomic E-state index is -4.37. The van der Waals surface area contributed by atoms with Crippen LogP contribution in [0.3, 0.4) is 0 Å². The highest BCUT2D eigenvalue weighted by atomic mass is 19.4. The first kappa shape index (κ1) is 84.0. The summed E-state index contributed by atoms with van der Waals surface area (Å²) >= 11 is 0. The molecule has 13 rings (SSSR count). The molecular formula is C81H76F12N8O10. The van der Waals surface area contributed by atoms with Gasteiger partial charge in [-0.15, -0.1) is 40.8 Å². The van der Waals surface area contributed by atoms with Crippen molar-refractivity contribution in [1.82, 2.24) is 40.8 Å². The molecule has 4 N–H and O–H groups in total. The molecule has 5 heterocycles. The molecule has 3 unspecified atom stereocenters. The third kappa shape index (κ3) is 23.3. The molecule has 3 atom stereocenters. The van der Waals surface area contributed by atoms with Crippen LogP contribution < -0.4 is 0 Å². The Bertz CT molecular complexity index is 4770. The molecule has 0 aliphatic carbocycles. The van der Waals surface area contributed by atoms with E-state index in [4.69, 9.17) is 32.6 Å².